The summed E-state index contributed by atoms with van der Waals surface area (Å²) in [6, 6.07) is 5.84. The number of hydrogen-bond donors (Lipinski definition) is 1. The van der Waals surface area contributed by atoms with Gasteiger partial charge in [0.1, 0.15) is 23.0 Å². The zero-order valence-corrected chi connectivity index (χ0v) is 22.1. The Hall–Kier alpha value is -3.80. The van der Waals surface area contributed by atoms with Crippen LogP contribution < -0.4 is 4.74 Å². The maximum absolute atomic E-state index is 13.1. The Morgan fingerprint density at radius 2 is 1.88 bits per heavy atom. The molecule has 1 aromatic carbocycles. The van der Waals surface area contributed by atoms with Gasteiger partial charge in [0.05, 0.1) is 19.3 Å². The van der Waals surface area contributed by atoms with Gasteiger partial charge in [0, 0.05) is 47.1 Å². The lowest BCUT2D eigenvalue weighted by Gasteiger charge is -2.42. The van der Waals surface area contributed by atoms with Gasteiger partial charge in [0.25, 0.3) is 0 Å². The number of ether oxygens (including phenoxy) is 2. The normalized spacial score (nSPS) is 27.1. The monoisotopic (exact) mass is 570 g/mol. The van der Waals surface area contributed by atoms with E-state index in [4.69, 9.17) is 9.26 Å². The molecule has 216 valence electrons. The van der Waals surface area contributed by atoms with Crippen molar-refractivity contribution in [2.45, 2.75) is 81.6 Å². The highest BCUT2D eigenvalue weighted by Crippen LogP contribution is 2.46. The van der Waals surface area contributed by atoms with Crippen molar-refractivity contribution in [3.05, 3.63) is 59.6 Å². The summed E-state index contributed by atoms with van der Waals surface area (Å²) in [6.45, 7) is 0.433. The molecule has 2 saturated heterocycles. The largest absolute Gasteiger partial charge is 0.573 e. The first-order valence-electron chi connectivity index (χ1n) is 13.9. The third-order valence-corrected chi connectivity index (χ3v) is 8.58. The molecule has 0 radical (unpaired) electrons. The van der Waals surface area contributed by atoms with E-state index in [2.05, 4.69) is 19.8 Å². The van der Waals surface area contributed by atoms with Crippen molar-refractivity contribution in [2.75, 3.05) is 6.54 Å². The molecule has 4 aliphatic heterocycles. The molecule has 41 heavy (non-hydrogen) atoms. The molecule has 3 atom stereocenters. The molecule has 5 aliphatic rings. The maximum atomic E-state index is 13.1. The number of carboxylic acid groups (broad SMARTS) is 1. The summed E-state index contributed by atoms with van der Waals surface area (Å²) in [7, 11) is 0. The molecular weight excluding hydrogens is 541 g/mol. The SMILES string of the molecule is O=C(O)C1CN=C2C=C(N3C4CCC3CC(OCc3c(-c5ccccc5OC(F)(F)F)noc3C3CC3)C4)C=CN21. The van der Waals surface area contributed by atoms with Crippen LogP contribution in [0, 0.1) is 0 Å². The minimum Gasteiger partial charge on any atom is -0.480 e. The number of halogens is 3. The predicted molar refractivity (Wildman–Crippen MR) is 140 cm³/mol. The second kappa shape index (κ2) is 9.93. The number of rotatable bonds is 8. The lowest BCUT2D eigenvalue weighted by Crippen LogP contribution is -2.46. The van der Waals surface area contributed by atoms with Gasteiger partial charge in [-0.25, -0.2) is 4.79 Å². The molecule has 2 aromatic rings. The smallest absolute Gasteiger partial charge is 0.480 e. The van der Waals surface area contributed by atoms with E-state index in [0.717, 1.165) is 44.2 Å². The third kappa shape index (κ3) is 4.98. The van der Waals surface area contributed by atoms with Gasteiger partial charge in [-0.1, -0.05) is 17.3 Å². The zero-order valence-electron chi connectivity index (χ0n) is 22.1. The number of hydrogen-bond acceptors (Lipinski definition) is 8. The van der Waals surface area contributed by atoms with Crippen molar-refractivity contribution in [3.63, 3.8) is 0 Å². The first-order valence-corrected chi connectivity index (χ1v) is 13.9. The van der Waals surface area contributed by atoms with E-state index < -0.39 is 18.4 Å². The van der Waals surface area contributed by atoms with Crippen LogP contribution in [0.15, 0.2) is 57.8 Å². The van der Waals surface area contributed by atoms with Gasteiger partial charge in [0.2, 0.25) is 0 Å². The Kier molecular flexibility index (Phi) is 6.33. The molecule has 3 fully saturated rings. The molecule has 0 spiro atoms. The molecule has 1 aromatic heterocycles. The topological polar surface area (TPSA) is 101 Å². The number of aliphatic carboxylic acids is 1. The van der Waals surface area contributed by atoms with E-state index in [-0.39, 0.29) is 48.6 Å². The molecule has 7 rings (SSSR count). The average molecular weight is 571 g/mol. The predicted octanol–water partition coefficient (Wildman–Crippen LogP) is 5.21. The quantitative estimate of drug-likeness (QED) is 0.462. The number of nitrogens with zero attached hydrogens (tertiary/aromatic N) is 4. The Balaban J connectivity index is 1.07. The molecule has 12 heteroatoms. The molecule has 9 nitrogen and oxygen atoms in total. The second-order valence-corrected chi connectivity index (χ2v) is 11.2. The average Bonchev–Trinajstić information content (AvgIpc) is 3.44. The molecule has 0 amide bonds. The van der Waals surface area contributed by atoms with Crippen LogP contribution in [0.5, 0.6) is 5.75 Å². The van der Waals surface area contributed by atoms with Crippen molar-refractivity contribution in [1.82, 2.24) is 15.0 Å². The molecule has 1 N–H and O–H groups in total. The number of carboxylic acids is 1. The molecule has 1 aliphatic carbocycles. The minimum absolute atomic E-state index is 0.0231. The van der Waals surface area contributed by atoms with E-state index in [0.29, 0.717) is 22.9 Å². The standard InChI is InChI=1S/C29H29F3N4O5/c30-29(31,32)40-24-4-2-1-3-21(24)26-22(27(41-34-26)16-5-6-16)15-39-20-11-17-7-8-18(12-20)36(17)19-9-10-35-23(28(37)38)14-33-25(35)13-19/h1-4,9-10,13,16-18,20,23H,5-8,11-12,14-15H2,(H,37,38). The van der Waals surface area contributed by atoms with Crippen molar-refractivity contribution >= 4 is 11.8 Å². The first-order chi connectivity index (χ1) is 19.7. The molecular formula is C29H29F3N4O5. The van der Waals surface area contributed by atoms with Gasteiger partial charge in [0.15, 0.2) is 6.04 Å². The van der Waals surface area contributed by atoms with E-state index in [1.807, 2.05) is 18.4 Å². The van der Waals surface area contributed by atoms with Crippen LogP contribution >= 0.6 is 0 Å². The van der Waals surface area contributed by atoms with Crippen LogP contribution in [0.4, 0.5) is 13.2 Å². The van der Waals surface area contributed by atoms with Crippen LogP contribution in [0.2, 0.25) is 0 Å². The minimum atomic E-state index is -4.83. The number of aliphatic imine (C=N–C) groups is 1. The molecule has 3 unspecified atom stereocenters. The maximum Gasteiger partial charge on any atom is 0.573 e. The van der Waals surface area contributed by atoms with Gasteiger partial charge < -0.3 is 28.9 Å². The van der Waals surface area contributed by atoms with E-state index >= 15 is 0 Å². The number of carbonyl (C=O) groups is 1. The summed E-state index contributed by atoms with van der Waals surface area (Å²) in [5.74, 6) is 0.348. The van der Waals surface area contributed by atoms with Gasteiger partial charge in [-0.3, -0.25) is 4.99 Å². The fourth-order valence-electron chi connectivity index (χ4n) is 6.61. The van der Waals surface area contributed by atoms with Gasteiger partial charge in [-0.2, -0.15) is 0 Å². The number of aromatic nitrogens is 1. The van der Waals surface area contributed by atoms with Crippen molar-refractivity contribution in [1.29, 1.82) is 0 Å². The van der Waals surface area contributed by atoms with Gasteiger partial charge in [-0.15, -0.1) is 13.2 Å². The van der Waals surface area contributed by atoms with Crippen molar-refractivity contribution < 1.29 is 37.1 Å². The Labute approximate surface area is 233 Å². The third-order valence-electron chi connectivity index (χ3n) is 8.58. The number of allylic oxidation sites excluding steroid dienone is 1. The number of fused-ring (bicyclic) bond motifs is 3. The highest BCUT2D eigenvalue weighted by atomic mass is 19.4. The van der Waals surface area contributed by atoms with Crippen molar-refractivity contribution in [2.24, 2.45) is 4.99 Å². The highest BCUT2D eigenvalue weighted by Gasteiger charge is 2.43. The second-order valence-electron chi connectivity index (χ2n) is 11.2. The summed E-state index contributed by atoms with van der Waals surface area (Å²) in [5.41, 5.74) is 2.27. The van der Waals surface area contributed by atoms with Gasteiger partial charge >= 0.3 is 12.3 Å². The number of benzene rings is 1. The summed E-state index contributed by atoms with van der Waals surface area (Å²) >= 11 is 0. The Morgan fingerprint density at radius 1 is 1.12 bits per heavy atom. The molecule has 1 saturated carbocycles. The summed E-state index contributed by atoms with van der Waals surface area (Å²) in [5, 5.41) is 13.6. The summed E-state index contributed by atoms with van der Waals surface area (Å²) in [4.78, 5) is 20.1. The summed E-state index contributed by atoms with van der Waals surface area (Å²) in [6.07, 6.45) is 6.47. The van der Waals surface area contributed by atoms with Gasteiger partial charge in [-0.05, 0) is 56.7 Å². The lowest BCUT2D eigenvalue weighted by atomic mass is 9.97. The first kappa shape index (κ1) is 26.1. The van der Waals surface area contributed by atoms with Crippen LogP contribution in [-0.2, 0) is 16.1 Å². The van der Waals surface area contributed by atoms with Crippen molar-refractivity contribution in [3.8, 4) is 17.0 Å². The number of amidine groups is 1. The van der Waals surface area contributed by atoms with Crippen LogP contribution in [-0.4, -0.2) is 69.0 Å². The number of piperidine rings is 1. The van der Waals surface area contributed by atoms with E-state index in [1.54, 1.807) is 17.0 Å². The zero-order chi connectivity index (χ0) is 28.3. The van der Waals surface area contributed by atoms with Crippen LogP contribution in [0.25, 0.3) is 11.3 Å². The number of para-hydroxylation sites is 1. The highest BCUT2D eigenvalue weighted by molar-refractivity contribution is 6.00. The molecule has 2 bridgehead atoms. The fourth-order valence-corrected chi connectivity index (χ4v) is 6.61. The van der Waals surface area contributed by atoms with Crippen LogP contribution in [0.3, 0.4) is 0 Å². The Morgan fingerprint density at radius 3 is 2.59 bits per heavy atom. The van der Waals surface area contributed by atoms with E-state index in [1.165, 1.54) is 12.1 Å². The fraction of sp³-hybridized carbons (Fsp3) is 0.483. The Bertz CT molecular complexity index is 1430. The van der Waals surface area contributed by atoms with E-state index in [9.17, 15) is 23.1 Å². The number of alkyl halides is 3. The summed E-state index contributed by atoms with van der Waals surface area (Å²) < 4.78 is 55.7. The lowest BCUT2D eigenvalue weighted by molar-refractivity contribution is -0.274. The molecule has 5 heterocycles. The van der Waals surface area contributed by atoms with Crippen LogP contribution in [0.1, 0.15) is 55.8 Å².